The Balaban J connectivity index is 2.38. The van der Waals surface area contributed by atoms with Crippen molar-refractivity contribution < 1.29 is 9.15 Å². The zero-order chi connectivity index (χ0) is 15.0. The van der Waals surface area contributed by atoms with Crippen LogP contribution in [0.15, 0.2) is 56.8 Å². The topological polar surface area (TPSA) is 39.4 Å². The molecule has 0 saturated carbocycles. The first-order valence-corrected chi connectivity index (χ1v) is 7.03. The second-order valence-electron chi connectivity index (χ2n) is 4.45. The average Bonchev–Trinajstić information content (AvgIpc) is 2.49. The molecule has 0 aliphatic rings. The third-order valence-electron chi connectivity index (χ3n) is 3.22. The van der Waals surface area contributed by atoms with Crippen LogP contribution in [-0.4, -0.2) is 7.11 Å². The van der Waals surface area contributed by atoms with Crippen molar-refractivity contribution in [3.63, 3.8) is 0 Å². The Bertz CT molecular complexity index is 886. The monoisotopic (exact) mass is 318 g/mol. The van der Waals surface area contributed by atoms with Crippen molar-refractivity contribution in [2.45, 2.75) is 5.09 Å². The van der Waals surface area contributed by atoms with E-state index in [4.69, 9.17) is 20.8 Å². The fourth-order valence-electron chi connectivity index (χ4n) is 2.19. The van der Waals surface area contributed by atoms with Gasteiger partial charge in [0.25, 0.3) is 0 Å². The molecule has 0 radical (unpaired) electrons. The van der Waals surface area contributed by atoms with Gasteiger partial charge in [-0.05, 0) is 24.3 Å². The first kappa shape index (κ1) is 14.0. The van der Waals surface area contributed by atoms with Crippen molar-refractivity contribution in [2.24, 2.45) is 0 Å². The minimum atomic E-state index is -0.187. The summed E-state index contributed by atoms with van der Waals surface area (Å²) in [4.78, 5) is 12.7. The number of ether oxygens (including phenoxy) is 1. The first-order chi connectivity index (χ1) is 10.1. The van der Waals surface area contributed by atoms with E-state index in [1.54, 1.807) is 43.5 Å². The van der Waals surface area contributed by atoms with Gasteiger partial charge in [0.2, 0.25) is 5.43 Å². The van der Waals surface area contributed by atoms with Crippen molar-refractivity contribution in [1.29, 1.82) is 0 Å². The molecule has 0 unspecified atom stereocenters. The van der Waals surface area contributed by atoms with Gasteiger partial charge in [0.1, 0.15) is 11.3 Å². The van der Waals surface area contributed by atoms with Crippen molar-refractivity contribution in [1.82, 2.24) is 0 Å². The van der Waals surface area contributed by atoms with E-state index >= 15 is 0 Å². The van der Waals surface area contributed by atoms with Gasteiger partial charge in [-0.15, -0.1) is 12.6 Å². The summed E-state index contributed by atoms with van der Waals surface area (Å²) >= 11 is 10.5. The maximum Gasteiger partial charge on any atom is 0.201 e. The SMILES string of the molecule is COc1ccc2oc(S)c(-c3ccccc3Cl)c(=O)c2c1. The Morgan fingerprint density at radius 3 is 2.67 bits per heavy atom. The maximum atomic E-state index is 12.7. The highest BCUT2D eigenvalue weighted by molar-refractivity contribution is 7.80. The van der Waals surface area contributed by atoms with Crippen LogP contribution in [0.4, 0.5) is 0 Å². The lowest BCUT2D eigenvalue weighted by atomic mass is 10.1. The van der Waals surface area contributed by atoms with E-state index in [1.165, 1.54) is 0 Å². The summed E-state index contributed by atoms with van der Waals surface area (Å²) in [6.07, 6.45) is 0. The van der Waals surface area contributed by atoms with Crippen LogP contribution in [0, 0.1) is 0 Å². The highest BCUT2D eigenvalue weighted by atomic mass is 35.5. The normalized spacial score (nSPS) is 10.8. The average molecular weight is 319 g/mol. The van der Waals surface area contributed by atoms with Gasteiger partial charge >= 0.3 is 0 Å². The summed E-state index contributed by atoms with van der Waals surface area (Å²) in [6, 6.07) is 12.2. The number of benzene rings is 2. The van der Waals surface area contributed by atoms with Gasteiger partial charge in [0.15, 0.2) is 5.09 Å². The Morgan fingerprint density at radius 1 is 1.19 bits per heavy atom. The van der Waals surface area contributed by atoms with E-state index in [2.05, 4.69) is 12.6 Å². The Hall–Kier alpha value is -1.91. The van der Waals surface area contributed by atoms with Crippen LogP contribution in [0.1, 0.15) is 0 Å². The number of hydrogen-bond acceptors (Lipinski definition) is 4. The second-order valence-corrected chi connectivity index (χ2v) is 5.27. The molecule has 1 aromatic heterocycles. The summed E-state index contributed by atoms with van der Waals surface area (Å²) in [7, 11) is 1.55. The zero-order valence-corrected chi connectivity index (χ0v) is 12.7. The van der Waals surface area contributed by atoms with E-state index < -0.39 is 0 Å². The van der Waals surface area contributed by atoms with E-state index in [9.17, 15) is 4.79 Å². The zero-order valence-electron chi connectivity index (χ0n) is 11.1. The number of rotatable bonds is 2. The van der Waals surface area contributed by atoms with Gasteiger partial charge in [0.05, 0.1) is 18.1 Å². The molecule has 0 atom stereocenters. The number of halogens is 1. The maximum absolute atomic E-state index is 12.7. The predicted octanol–water partition coefficient (Wildman–Crippen LogP) is 4.41. The molecule has 2 aromatic carbocycles. The lowest BCUT2D eigenvalue weighted by Gasteiger charge is -2.08. The van der Waals surface area contributed by atoms with Gasteiger partial charge < -0.3 is 9.15 Å². The molecule has 106 valence electrons. The molecule has 0 amide bonds. The van der Waals surface area contributed by atoms with Gasteiger partial charge in [-0.2, -0.15) is 0 Å². The summed E-state index contributed by atoms with van der Waals surface area (Å²) in [5.74, 6) is 0.590. The summed E-state index contributed by atoms with van der Waals surface area (Å²) in [5.41, 5.74) is 1.22. The van der Waals surface area contributed by atoms with Gasteiger partial charge in [-0.1, -0.05) is 29.8 Å². The summed E-state index contributed by atoms with van der Waals surface area (Å²) in [5, 5.41) is 1.15. The smallest absolute Gasteiger partial charge is 0.201 e. The molecule has 3 nitrogen and oxygen atoms in total. The summed E-state index contributed by atoms with van der Waals surface area (Å²) < 4.78 is 10.8. The molecular formula is C16H11ClO3S. The molecular weight excluding hydrogens is 308 g/mol. The summed E-state index contributed by atoms with van der Waals surface area (Å²) in [6.45, 7) is 0. The van der Waals surface area contributed by atoms with Crippen LogP contribution in [0.25, 0.3) is 22.1 Å². The van der Waals surface area contributed by atoms with Gasteiger partial charge in [-0.25, -0.2) is 0 Å². The van der Waals surface area contributed by atoms with E-state index in [1.807, 2.05) is 6.07 Å². The minimum Gasteiger partial charge on any atom is -0.497 e. The van der Waals surface area contributed by atoms with Gasteiger partial charge in [0, 0.05) is 10.6 Å². The quantitative estimate of drug-likeness (QED) is 0.711. The number of thiol groups is 1. The van der Waals surface area contributed by atoms with Crippen molar-refractivity contribution in [2.75, 3.05) is 7.11 Å². The molecule has 1 heterocycles. The standard InChI is InChI=1S/C16H11ClO3S/c1-19-9-6-7-13-11(8-9)15(18)14(16(21)20-13)10-4-2-3-5-12(10)17/h2-8,21H,1H3. The van der Waals surface area contributed by atoms with Crippen LogP contribution in [0.2, 0.25) is 5.02 Å². The molecule has 0 N–H and O–H groups in total. The molecule has 3 aromatic rings. The van der Waals surface area contributed by atoms with Crippen LogP contribution in [0.3, 0.4) is 0 Å². The predicted molar refractivity (Wildman–Crippen MR) is 86.7 cm³/mol. The van der Waals surface area contributed by atoms with Crippen molar-refractivity contribution in [3.8, 4) is 16.9 Å². The van der Waals surface area contributed by atoms with Gasteiger partial charge in [-0.3, -0.25) is 4.79 Å². The molecule has 21 heavy (non-hydrogen) atoms. The molecule has 0 fully saturated rings. The molecule has 0 aliphatic heterocycles. The Morgan fingerprint density at radius 2 is 1.95 bits per heavy atom. The second kappa shape index (κ2) is 5.47. The Labute approximate surface area is 131 Å². The highest BCUT2D eigenvalue weighted by Gasteiger charge is 2.16. The molecule has 3 rings (SSSR count). The van der Waals surface area contributed by atoms with Crippen LogP contribution < -0.4 is 10.2 Å². The van der Waals surface area contributed by atoms with Crippen LogP contribution in [-0.2, 0) is 0 Å². The van der Waals surface area contributed by atoms with E-state index in [-0.39, 0.29) is 10.5 Å². The minimum absolute atomic E-state index is 0.187. The van der Waals surface area contributed by atoms with Crippen molar-refractivity contribution in [3.05, 3.63) is 57.7 Å². The highest BCUT2D eigenvalue weighted by Crippen LogP contribution is 2.32. The fourth-order valence-corrected chi connectivity index (χ4v) is 2.74. The third-order valence-corrected chi connectivity index (χ3v) is 3.87. The molecule has 5 heteroatoms. The number of hydrogen-bond donors (Lipinski definition) is 1. The molecule has 0 spiro atoms. The lowest BCUT2D eigenvalue weighted by molar-refractivity contribution is 0.414. The Kier molecular flexibility index (Phi) is 3.66. The third kappa shape index (κ3) is 2.41. The fraction of sp³-hybridized carbons (Fsp3) is 0.0625. The molecule has 0 aliphatic carbocycles. The van der Waals surface area contributed by atoms with E-state index in [0.717, 1.165) is 0 Å². The largest absolute Gasteiger partial charge is 0.497 e. The molecule has 0 bridgehead atoms. The first-order valence-electron chi connectivity index (χ1n) is 6.20. The van der Waals surface area contributed by atoms with Crippen LogP contribution >= 0.6 is 24.2 Å². The van der Waals surface area contributed by atoms with Crippen molar-refractivity contribution >= 4 is 35.2 Å². The number of fused-ring (bicyclic) bond motifs is 1. The number of methoxy groups -OCH3 is 1. The van der Waals surface area contributed by atoms with Crippen LogP contribution in [0.5, 0.6) is 5.75 Å². The van der Waals surface area contributed by atoms with E-state index in [0.29, 0.717) is 32.9 Å². The lowest BCUT2D eigenvalue weighted by Crippen LogP contribution is -2.07. The molecule has 0 saturated heterocycles.